The van der Waals surface area contributed by atoms with Gasteiger partial charge in [0, 0.05) is 0 Å². The highest BCUT2D eigenvalue weighted by molar-refractivity contribution is 5.51. The number of hydrogen-bond acceptors (Lipinski definition) is 0. The van der Waals surface area contributed by atoms with Crippen molar-refractivity contribution in [1.29, 1.82) is 0 Å². The Morgan fingerprint density at radius 2 is 0.909 bits per heavy atom. The lowest BCUT2D eigenvalue weighted by Crippen LogP contribution is -2.59. The first kappa shape index (κ1) is 16.1. The first-order valence-electron chi connectivity index (χ1n) is 9.11. The molecule has 0 N–H and O–H groups in total. The maximum absolute atomic E-state index is 2.59. The molecule has 0 aromatic heterocycles. The van der Waals surface area contributed by atoms with E-state index in [1.165, 1.54) is 25.7 Å². The Morgan fingerprint density at radius 1 is 0.591 bits per heavy atom. The van der Waals surface area contributed by atoms with Crippen LogP contribution in [0.3, 0.4) is 0 Å². The summed E-state index contributed by atoms with van der Waals surface area (Å²) in [5.41, 5.74) is 7.39. The van der Waals surface area contributed by atoms with Gasteiger partial charge in [0.05, 0.1) is 0 Å². The summed E-state index contributed by atoms with van der Waals surface area (Å²) in [5, 5.41) is 0. The van der Waals surface area contributed by atoms with E-state index < -0.39 is 0 Å². The van der Waals surface area contributed by atoms with Gasteiger partial charge in [-0.25, -0.2) is 0 Å². The van der Waals surface area contributed by atoms with Crippen LogP contribution in [0.5, 0.6) is 0 Å². The molecule has 0 spiro atoms. The molecule has 0 atom stereocenters. The van der Waals surface area contributed by atoms with Crippen LogP contribution in [0.2, 0.25) is 0 Å². The summed E-state index contributed by atoms with van der Waals surface area (Å²) in [5.74, 6) is 0. The van der Waals surface area contributed by atoms with Crippen LogP contribution in [0.25, 0.3) is 0 Å². The van der Waals surface area contributed by atoms with Gasteiger partial charge < -0.3 is 0 Å². The molecule has 1 aromatic carbocycles. The Morgan fingerprint density at radius 3 is 1.23 bits per heavy atom. The van der Waals surface area contributed by atoms with Crippen LogP contribution in [0.15, 0.2) is 12.1 Å². The second-order valence-electron chi connectivity index (χ2n) is 9.87. The molecule has 22 heavy (non-hydrogen) atoms. The predicted octanol–water partition coefficient (Wildman–Crippen LogP) is 6.19. The molecule has 0 heteroatoms. The molecule has 0 aliphatic heterocycles. The second kappa shape index (κ2) is 4.40. The first-order valence-corrected chi connectivity index (χ1v) is 9.11. The summed E-state index contributed by atoms with van der Waals surface area (Å²) in [7, 11) is 0. The van der Waals surface area contributed by atoms with Crippen LogP contribution >= 0.6 is 0 Å². The van der Waals surface area contributed by atoms with Gasteiger partial charge in [0.2, 0.25) is 0 Å². The molecule has 2 aliphatic carbocycles. The standard InChI is InChI=1S/C22H34/c1-19(2)17-13-15-11-9-10-12-16(15)14-18(17)20(3,4)22(7,8)21(19,5)6/h13-14H,9-12H2,1-8H3. The smallest absolute Gasteiger partial charge is 0.00440 e. The third-order valence-electron chi connectivity index (χ3n) is 8.52. The Kier molecular flexibility index (Phi) is 3.22. The number of fused-ring (bicyclic) bond motifs is 2. The lowest BCUT2D eigenvalue weighted by Gasteiger charge is -2.64. The van der Waals surface area contributed by atoms with Crippen LogP contribution in [0, 0.1) is 10.8 Å². The highest BCUT2D eigenvalue weighted by Gasteiger charge is 2.60. The molecule has 0 amide bonds. The molecule has 0 radical (unpaired) electrons. The Balaban J connectivity index is 2.34. The summed E-state index contributed by atoms with van der Waals surface area (Å²) in [4.78, 5) is 0. The summed E-state index contributed by atoms with van der Waals surface area (Å²) in [6.07, 6.45) is 5.29. The van der Waals surface area contributed by atoms with E-state index in [4.69, 9.17) is 0 Å². The molecule has 0 saturated heterocycles. The van der Waals surface area contributed by atoms with Gasteiger partial charge in [-0.15, -0.1) is 0 Å². The molecule has 0 bridgehead atoms. The fourth-order valence-corrected chi connectivity index (χ4v) is 5.06. The molecule has 0 saturated carbocycles. The summed E-state index contributed by atoms with van der Waals surface area (Å²) in [6.45, 7) is 19.8. The molecule has 0 heterocycles. The highest BCUT2D eigenvalue weighted by Crippen LogP contribution is 2.65. The van der Waals surface area contributed by atoms with Crippen molar-refractivity contribution in [3.63, 3.8) is 0 Å². The summed E-state index contributed by atoms with van der Waals surface area (Å²) < 4.78 is 0. The minimum Gasteiger partial charge on any atom is -0.0585 e. The third kappa shape index (κ3) is 1.70. The van der Waals surface area contributed by atoms with Crippen LogP contribution in [-0.2, 0) is 23.7 Å². The lowest BCUT2D eigenvalue weighted by atomic mass is 9.40. The van der Waals surface area contributed by atoms with E-state index in [0.717, 1.165) is 0 Å². The van der Waals surface area contributed by atoms with Gasteiger partial charge in [0.1, 0.15) is 0 Å². The Bertz CT molecular complexity index is 556. The SMILES string of the molecule is CC1(C)c2cc3c(cc2C(C)(C)C(C)(C)C1(C)C)CCCC3. The molecular weight excluding hydrogens is 264 g/mol. The molecule has 2 aliphatic rings. The Labute approximate surface area is 137 Å². The maximum Gasteiger partial charge on any atom is -0.00440 e. The molecule has 0 unspecified atom stereocenters. The van der Waals surface area contributed by atoms with Crippen LogP contribution in [-0.4, -0.2) is 0 Å². The number of benzene rings is 1. The van der Waals surface area contributed by atoms with Gasteiger partial charge in [-0.2, -0.15) is 0 Å². The monoisotopic (exact) mass is 298 g/mol. The van der Waals surface area contributed by atoms with Gasteiger partial charge in [-0.05, 0) is 69.6 Å². The molecular formula is C22H34. The molecule has 1 aromatic rings. The lowest BCUT2D eigenvalue weighted by molar-refractivity contribution is -0.0442. The van der Waals surface area contributed by atoms with Crippen molar-refractivity contribution < 1.29 is 0 Å². The van der Waals surface area contributed by atoms with Gasteiger partial charge in [-0.3, -0.25) is 0 Å². The topological polar surface area (TPSA) is 0 Å². The van der Waals surface area contributed by atoms with Crippen molar-refractivity contribution in [2.45, 2.75) is 91.9 Å². The van der Waals surface area contributed by atoms with E-state index in [-0.39, 0.29) is 21.7 Å². The average molecular weight is 299 g/mol. The van der Waals surface area contributed by atoms with Crippen molar-refractivity contribution in [3.8, 4) is 0 Å². The molecule has 3 rings (SSSR count). The molecule has 0 nitrogen and oxygen atoms in total. The quantitative estimate of drug-likeness (QED) is 0.536. The van der Waals surface area contributed by atoms with Gasteiger partial charge in [0.15, 0.2) is 0 Å². The van der Waals surface area contributed by atoms with Crippen molar-refractivity contribution in [2.24, 2.45) is 10.8 Å². The van der Waals surface area contributed by atoms with Crippen molar-refractivity contribution in [3.05, 3.63) is 34.4 Å². The normalized spacial score (nSPS) is 26.9. The Hall–Kier alpha value is -0.780. The van der Waals surface area contributed by atoms with Crippen LogP contribution in [0.4, 0.5) is 0 Å². The fourth-order valence-electron chi connectivity index (χ4n) is 5.06. The largest absolute Gasteiger partial charge is 0.0585 e. The number of aryl methyl sites for hydroxylation is 2. The highest BCUT2D eigenvalue weighted by atomic mass is 14.6. The van der Waals surface area contributed by atoms with Gasteiger partial charge in [-0.1, -0.05) is 67.5 Å². The van der Waals surface area contributed by atoms with Crippen LogP contribution < -0.4 is 0 Å². The van der Waals surface area contributed by atoms with E-state index in [1.54, 1.807) is 22.3 Å². The first-order chi connectivity index (χ1) is 9.94. The summed E-state index contributed by atoms with van der Waals surface area (Å²) >= 11 is 0. The zero-order chi connectivity index (χ0) is 16.6. The zero-order valence-electron chi connectivity index (χ0n) is 16.0. The third-order valence-corrected chi connectivity index (χ3v) is 8.52. The number of hydrogen-bond donors (Lipinski definition) is 0. The van der Waals surface area contributed by atoms with E-state index in [9.17, 15) is 0 Å². The van der Waals surface area contributed by atoms with E-state index >= 15 is 0 Å². The summed E-state index contributed by atoms with van der Waals surface area (Å²) in [6, 6.07) is 5.17. The van der Waals surface area contributed by atoms with Gasteiger partial charge >= 0.3 is 0 Å². The minimum absolute atomic E-state index is 0.202. The van der Waals surface area contributed by atoms with Gasteiger partial charge in [0.25, 0.3) is 0 Å². The molecule has 122 valence electrons. The second-order valence-corrected chi connectivity index (χ2v) is 9.87. The van der Waals surface area contributed by atoms with Crippen molar-refractivity contribution in [2.75, 3.05) is 0 Å². The fraction of sp³-hybridized carbons (Fsp3) is 0.727. The van der Waals surface area contributed by atoms with Crippen molar-refractivity contribution in [1.82, 2.24) is 0 Å². The van der Waals surface area contributed by atoms with E-state index in [1.807, 2.05) is 0 Å². The van der Waals surface area contributed by atoms with Crippen LogP contribution in [0.1, 0.15) is 90.5 Å². The number of rotatable bonds is 0. The van der Waals surface area contributed by atoms with E-state index in [0.29, 0.717) is 0 Å². The predicted molar refractivity (Wildman–Crippen MR) is 96.7 cm³/mol. The minimum atomic E-state index is 0.202. The maximum atomic E-state index is 2.59. The molecule has 0 fully saturated rings. The zero-order valence-corrected chi connectivity index (χ0v) is 16.0. The van der Waals surface area contributed by atoms with Crippen molar-refractivity contribution >= 4 is 0 Å². The average Bonchev–Trinajstić information content (AvgIpc) is 2.44. The van der Waals surface area contributed by atoms with E-state index in [2.05, 4.69) is 67.5 Å².